The van der Waals surface area contributed by atoms with E-state index in [0.29, 0.717) is 6.42 Å². The first-order valence-corrected chi connectivity index (χ1v) is 4.72. The third kappa shape index (κ3) is 2.47. The monoisotopic (exact) mass is 208 g/mol. The van der Waals surface area contributed by atoms with E-state index in [0.717, 1.165) is 22.4 Å². The minimum absolute atomic E-state index is 0.192. The predicted octanol–water partition coefficient (Wildman–Crippen LogP) is 0.844. The van der Waals surface area contributed by atoms with Crippen LogP contribution in [0.5, 0.6) is 5.75 Å². The van der Waals surface area contributed by atoms with Crippen molar-refractivity contribution in [1.82, 2.24) is 5.43 Å². The molecule has 1 rings (SSSR count). The second-order valence-electron chi connectivity index (χ2n) is 3.42. The zero-order chi connectivity index (χ0) is 11.4. The number of nitrogens with one attached hydrogen (secondary N) is 1. The smallest absolute Gasteiger partial charge is 0.238 e. The van der Waals surface area contributed by atoms with Crippen LogP contribution in [0.4, 0.5) is 0 Å². The van der Waals surface area contributed by atoms with Gasteiger partial charge in [-0.1, -0.05) is 6.07 Å². The highest BCUT2D eigenvalue weighted by atomic mass is 16.5. The van der Waals surface area contributed by atoms with Gasteiger partial charge in [0.2, 0.25) is 5.91 Å². The summed E-state index contributed by atoms with van der Waals surface area (Å²) < 4.78 is 5.19. The van der Waals surface area contributed by atoms with E-state index >= 15 is 0 Å². The number of benzene rings is 1. The lowest BCUT2D eigenvalue weighted by atomic mass is 10.00. The summed E-state index contributed by atoms with van der Waals surface area (Å²) in [6.07, 6.45) is 0.299. The van der Waals surface area contributed by atoms with Crippen LogP contribution in [0, 0.1) is 13.8 Å². The lowest BCUT2D eigenvalue weighted by molar-refractivity contribution is -0.120. The van der Waals surface area contributed by atoms with Gasteiger partial charge in [0.25, 0.3) is 0 Å². The van der Waals surface area contributed by atoms with E-state index in [4.69, 9.17) is 10.6 Å². The van der Waals surface area contributed by atoms with Crippen molar-refractivity contribution in [2.24, 2.45) is 5.84 Å². The van der Waals surface area contributed by atoms with Gasteiger partial charge in [-0.05, 0) is 36.6 Å². The number of nitrogens with two attached hydrogens (primary N) is 1. The van der Waals surface area contributed by atoms with E-state index in [1.807, 2.05) is 26.0 Å². The van der Waals surface area contributed by atoms with Crippen LogP contribution in [-0.4, -0.2) is 13.0 Å². The van der Waals surface area contributed by atoms with E-state index in [1.54, 1.807) is 7.11 Å². The van der Waals surface area contributed by atoms with E-state index in [-0.39, 0.29) is 5.91 Å². The predicted molar refractivity (Wildman–Crippen MR) is 58.5 cm³/mol. The Morgan fingerprint density at radius 2 is 2.07 bits per heavy atom. The van der Waals surface area contributed by atoms with Crippen LogP contribution in [0.1, 0.15) is 16.7 Å². The molecule has 0 aromatic heterocycles. The Labute approximate surface area is 89.4 Å². The molecule has 0 aliphatic rings. The van der Waals surface area contributed by atoms with E-state index in [9.17, 15) is 4.79 Å². The lowest BCUT2D eigenvalue weighted by Gasteiger charge is -2.11. The third-order valence-electron chi connectivity index (χ3n) is 2.58. The average Bonchev–Trinajstić information content (AvgIpc) is 2.25. The molecule has 4 nitrogen and oxygen atoms in total. The van der Waals surface area contributed by atoms with Crippen molar-refractivity contribution in [1.29, 1.82) is 0 Å². The van der Waals surface area contributed by atoms with Gasteiger partial charge in [-0.25, -0.2) is 5.84 Å². The largest absolute Gasteiger partial charge is 0.496 e. The molecule has 0 radical (unpaired) electrons. The van der Waals surface area contributed by atoms with Crippen molar-refractivity contribution in [3.8, 4) is 5.75 Å². The van der Waals surface area contributed by atoms with Gasteiger partial charge in [-0.3, -0.25) is 10.2 Å². The van der Waals surface area contributed by atoms with E-state index in [2.05, 4.69) is 5.43 Å². The molecule has 0 bridgehead atoms. The molecule has 3 N–H and O–H groups in total. The number of carbonyl (C=O) groups excluding carboxylic acids is 1. The Hall–Kier alpha value is -1.55. The van der Waals surface area contributed by atoms with Crippen LogP contribution in [0.15, 0.2) is 12.1 Å². The van der Waals surface area contributed by atoms with Gasteiger partial charge in [0.15, 0.2) is 0 Å². The normalized spacial score (nSPS) is 9.87. The van der Waals surface area contributed by atoms with Gasteiger partial charge in [0.05, 0.1) is 13.5 Å². The van der Waals surface area contributed by atoms with Gasteiger partial charge >= 0.3 is 0 Å². The number of rotatable bonds is 3. The Bertz CT molecular complexity index is 375. The molecule has 0 unspecified atom stereocenters. The average molecular weight is 208 g/mol. The molecule has 1 amide bonds. The fourth-order valence-corrected chi connectivity index (χ4v) is 1.49. The summed E-state index contributed by atoms with van der Waals surface area (Å²) in [7, 11) is 1.63. The van der Waals surface area contributed by atoms with E-state index in [1.165, 1.54) is 0 Å². The van der Waals surface area contributed by atoms with Gasteiger partial charge in [-0.2, -0.15) is 0 Å². The van der Waals surface area contributed by atoms with Crippen molar-refractivity contribution in [2.75, 3.05) is 7.11 Å². The molecule has 0 spiro atoms. The Kier molecular flexibility index (Phi) is 3.68. The SMILES string of the molecule is COc1ccc(CC(=O)NN)c(C)c1C. The van der Waals surface area contributed by atoms with Crippen LogP contribution >= 0.6 is 0 Å². The minimum atomic E-state index is -0.192. The first-order chi connectivity index (χ1) is 7.10. The van der Waals surface area contributed by atoms with Crippen molar-refractivity contribution < 1.29 is 9.53 Å². The van der Waals surface area contributed by atoms with Crippen LogP contribution in [0.25, 0.3) is 0 Å². The molecule has 1 aromatic rings. The molecule has 0 saturated heterocycles. The summed E-state index contributed by atoms with van der Waals surface area (Å²) >= 11 is 0. The number of hydrogen-bond acceptors (Lipinski definition) is 3. The van der Waals surface area contributed by atoms with Gasteiger partial charge in [0, 0.05) is 0 Å². The standard InChI is InChI=1S/C11H16N2O2/c1-7-8(2)10(15-3)5-4-9(7)6-11(14)13-12/h4-5H,6,12H2,1-3H3,(H,13,14). The summed E-state index contributed by atoms with van der Waals surface area (Å²) in [5.41, 5.74) is 5.21. The lowest BCUT2D eigenvalue weighted by Crippen LogP contribution is -2.31. The van der Waals surface area contributed by atoms with E-state index < -0.39 is 0 Å². The molecule has 15 heavy (non-hydrogen) atoms. The van der Waals surface area contributed by atoms with Crippen LogP contribution in [-0.2, 0) is 11.2 Å². The molecule has 0 heterocycles. The van der Waals surface area contributed by atoms with Gasteiger partial charge in [0.1, 0.15) is 5.75 Å². The minimum Gasteiger partial charge on any atom is -0.496 e. The maximum absolute atomic E-state index is 11.1. The van der Waals surface area contributed by atoms with Crippen LogP contribution in [0.3, 0.4) is 0 Å². The number of methoxy groups -OCH3 is 1. The second-order valence-corrected chi connectivity index (χ2v) is 3.42. The Morgan fingerprint density at radius 1 is 1.40 bits per heavy atom. The maximum Gasteiger partial charge on any atom is 0.238 e. The first-order valence-electron chi connectivity index (χ1n) is 4.72. The summed E-state index contributed by atoms with van der Waals surface area (Å²) in [6.45, 7) is 3.94. The molecular weight excluding hydrogens is 192 g/mol. The fourth-order valence-electron chi connectivity index (χ4n) is 1.49. The maximum atomic E-state index is 11.1. The highest BCUT2D eigenvalue weighted by Crippen LogP contribution is 2.23. The Morgan fingerprint density at radius 3 is 2.60 bits per heavy atom. The molecule has 1 aromatic carbocycles. The van der Waals surface area contributed by atoms with Gasteiger partial charge < -0.3 is 4.74 Å². The summed E-state index contributed by atoms with van der Waals surface area (Å²) in [5, 5.41) is 0. The zero-order valence-electron chi connectivity index (χ0n) is 9.26. The molecule has 0 saturated carbocycles. The molecule has 0 aliphatic carbocycles. The number of carbonyl (C=O) groups is 1. The molecular formula is C11H16N2O2. The molecule has 4 heteroatoms. The molecule has 0 aliphatic heterocycles. The Balaban J connectivity index is 3.01. The molecule has 82 valence electrons. The topological polar surface area (TPSA) is 64.3 Å². The highest BCUT2D eigenvalue weighted by Gasteiger charge is 2.09. The number of amides is 1. The van der Waals surface area contributed by atoms with Crippen molar-refractivity contribution in [2.45, 2.75) is 20.3 Å². The second kappa shape index (κ2) is 4.79. The van der Waals surface area contributed by atoms with Crippen LogP contribution < -0.4 is 16.0 Å². The zero-order valence-corrected chi connectivity index (χ0v) is 9.26. The third-order valence-corrected chi connectivity index (χ3v) is 2.58. The van der Waals surface area contributed by atoms with Crippen molar-refractivity contribution in [3.05, 3.63) is 28.8 Å². The summed E-state index contributed by atoms with van der Waals surface area (Å²) in [5.74, 6) is 5.69. The molecule has 0 fully saturated rings. The number of hydrogen-bond donors (Lipinski definition) is 2. The summed E-state index contributed by atoms with van der Waals surface area (Å²) in [4.78, 5) is 11.1. The number of hydrazine groups is 1. The molecule has 0 atom stereocenters. The van der Waals surface area contributed by atoms with Crippen molar-refractivity contribution in [3.63, 3.8) is 0 Å². The fraction of sp³-hybridized carbons (Fsp3) is 0.364. The summed E-state index contributed by atoms with van der Waals surface area (Å²) in [6, 6.07) is 3.75. The number of ether oxygens (including phenoxy) is 1. The highest BCUT2D eigenvalue weighted by molar-refractivity contribution is 5.78. The first kappa shape index (κ1) is 11.5. The van der Waals surface area contributed by atoms with Gasteiger partial charge in [-0.15, -0.1) is 0 Å². The van der Waals surface area contributed by atoms with Crippen molar-refractivity contribution >= 4 is 5.91 Å². The van der Waals surface area contributed by atoms with Crippen LogP contribution in [0.2, 0.25) is 0 Å². The quantitative estimate of drug-likeness (QED) is 0.439.